The molecule has 0 aliphatic carbocycles. The van der Waals surface area contributed by atoms with E-state index in [1.165, 1.54) is 27.6 Å². The van der Waals surface area contributed by atoms with Crippen molar-refractivity contribution in [2.24, 2.45) is 0 Å². The lowest BCUT2D eigenvalue weighted by atomic mass is 9.99. The minimum absolute atomic E-state index is 0.902. The van der Waals surface area contributed by atoms with Crippen LogP contribution in [0.5, 0.6) is 5.75 Å². The minimum Gasteiger partial charge on any atom is -0.497 e. The standard InChI is InChI=1S/C25H23NO/c1-18-24(21-6-4-3-5-7-21)17-22-16-20(12-15-25(22)26-18)9-8-19-10-13-23(27-2)14-11-19/h3-7,10-17H,8-9H2,1-2H3. The predicted octanol–water partition coefficient (Wildman–Crippen LogP) is 6.00. The van der Waals surface area contributed by atoms with Crippen molar-refractivity contribution >= 4 is 10.9 Å². The van der Waals surface area contributed by atoms with Crippen LogP contribution in [0.3, 0.4) is 0 Å². The summed E-state index contributed by atoms with van der Waals surface area (Å²) in [6, 6.07) is 27.7. The number of ether oxygens (including phenoxy) is 1. The number of rotatable bonds is 5. The summed E-state index contributed by atoms with van der Waals surface area (Å²) in [5.74, 6) is 0.902. The van der Waals surface area contributed by atoms with Gasteiger partial charge in [-0.2, -0.15) is 0 Å². The number of benzene rings is 3. The Hall–Kier alpha value is -3.13. The minimum atomic E-state index is 0.902. The number of methoxy groups -OCH3 is 1. The third kappa shape index (κ3) is 3.85. The van der Waals surface area contributed by atoms with Crippen molar-refractivity contribution in [3.63, 3.8) is 0 Å². The SMILES string of the molecule is COc1ccc(CCc2ccc3nc(C)c(-c4ccccc4)cc3c2)cc1. The van der Waals surface area contributed by atoms with Gasteiger partial charge in [0.25, 0.3) is 0 Å². The van der Waals surface area contributed by atoms with Crippen LogP contribution in [0.2, 0.25) is 0 Å². The Labute approximate surface area is 160 Å². The number of pyridine rings is 1. The number of fused-ring (bicyclic) bond motifs is 1. The van der Waals surface area contributed by atoms with Crippen LogP contribution in [-0.4, -0.2) is 12.1 Å². The second-order valence-corrected chi connectivity index (χ2v) is 6.86. The van der Waals surface area contributed by atoms with E-state index in [0.717, 1.165) is 29.8 Å². The van der Waals surface area contributed by atoms with Gasteiger partial charge < -0.3 is 4.74 Å². The first kappa shape index (κ1) is 17.3. The number of hydrogen-bond acceptors (Lipinski definition) is 2. The van der Waals surface area contributed by atoms with Crippen molar-refractivity contribution in [3.05, 3.63) is 95.7 Å². The molecular weight excluding hydrogens is 330 g/mol. The monoisotopic (exact) mass is 353 g/mol. The zero-order valence-electron chi connectivity index (χ0n) is 15.8. The van der Waals surface area contributed by atoms with Gasteiger partial charge in [0.1, 0.15) is 5.75 Å². The van der Waals surface area contributed by atoms with Gasteiger partial charge in [-0.1, -0.05) is 48.5 Å². The van der Waals surface area contributed by atoms with E-state index >= 15 is 0 Å². The molecule has 0 fully saturated rings. The highest BCUT2D eigenvalue weighted by Gasteiger charge is 2.06. The van der Waals surface area contributed by atoms with Crippen molar-refractivity contribution in [2.45, 2.75) is 19.8 Å². The molecule has 0 aliphatic heterocycles. The zero-order valence-corrected chi connectivity index (χ0v) is 15.8. The summed E-state index contributed by atoms with van der Waals surface area (Å²) in [5.41, 5.74) is 7.20. The topological polar surface area (TPSA) is 22.1 Å². The normalized spacial score (nSPS) is 10.9. The van der Waals surface area contributed by atoms with E-state index in [0.29, 0.717) is 0 Å². The molecule has 3 aromatic carbocycles. The van der Waals surface area contributed by atoms with Crippen LogP contribution >= 0.6 is 0 Å². The Morgan fingerprint density at radius 2 is 1.48 bits per heavy atom. The smallest absolute Gasteiger partial charge is 0.118 e. The van der Waals surface area contributed by atoms with Crippen LogP contribution in [0, 0.1) is 6.92 Å². The summed E-state index contributed by atoms with van der Waals surface area (Å²) in [4.78, 5) is 4.82. The van der Waals surface area contributed by atoms with Gasteiger partial charge in [0.05, 0.1) is 12.6 Å². The Kier molecular flexibility index (Phi) is 4.88. The summed E-state index contributed by atoms with van der Waals surface area (Å²) in [6.45, 7) is 2.08. The molecular formula is C25H23NO. The van der Waals surface area contributed by atoms with E-state index < -0.39 is 0 Å². The fourth-order valence-corrected chi connectivity index (χ4v) is 3.47. The predicted molar refractivity (Wildman–Crippen MR) is 112 cm³/mol. The van der Waals surface area contributed by atoms with Gasteiger partial charge in [-0.3, -0.25) is 4.98 Å². The molecule has 0 N–H and O–H groups in total. The van der Waals surface area contributed by atoms with Gasteiger partial charge in [0, 0.05) is 16.6 Å². The van der Waals surface area contributed by atoms with Crippen molar-refractivity contribution in [1.82, 2.24) is 4.98 Å². The van der Waals surface area contributed by atoms with Crippen LogP contribution in [0.1, 0.15) is 16.8 Å². The van der Waals surface area contributed by atoms with Crippen LogP contribution in [0.4, 0.5) is 0 Å². The average Bonchev–Trinajstić information content (AvgIpc) is 2.73. The molecule has 2 nitrogen and oxygen atoms in total. The molecule has 4 aromatic rings. The van der Waals surface area contributed by atoms with E-state index in [-0.39, 0.29) is 0 Å². The molecule has 0 atom stereocenters. The van der Waals surface area contributed by atoms with Crippen molar-refractivity contribution in [1.29, 1.82) is 0 Å². The van der Waals surface area contributed by atoms with E-state index in [4.69, 9.17) is 9.72 Å². The van der Waals surface area contributed by atoms with Crippen molar-refractivity contribution < 1.29 is 4.74 Å². The van der Waals surface area contributed by atoms with E-state index in [1.807, 2.05) is 18.2 Å². The van der Waals surface area contributed by atoms with Crippen molar-refractivity contribution in [2.75, 3.05) is 7.11 Å². The molecule has 27 heavy (non-hydrogen) atoms. The fraction of sp³-hybridized carbons (Fsp3) is 0.160. The average molecular weight is 353 g/mol. The lowest BCUT2D eigenvalue weighted by Gasteiger charge is -2.10. The van der Waals surface area contributed by atoms with Gasteiger partial charge in [0.2, 0.25) is 0 Å². The molecule has 0 saturated heterocycles. The molecule has 0 bridgehead atoms. The maximum Gasteiger partial charge on any atom is 0.118 e. The highest BCUT2D eigenvalue weighted by molar-refractivity contribution is 5.85. The van der Waals surface area contributed by atoms with Crippen LogP contribution in [0.25, 0.3) is 22.0 Å². The van der Waals surface area contributed by atoms with E-state index in [1.54, 1.807) is 7.11 Å². The molecule has 1 heterocycles. The highest BCUT2D eigenvalue weighted by atomic mass is 16.5. The summed E-state index contributed by atoms with van der Waals surface area (Å²) in [7, 11) is 1.70. The number of aromatic nitrogens is 1. The number of hydrogen-bond donors (Lipinski definition) is 0. The number of aryl methyl sites for hydroxylation is 3. The Balaban J connectivity index is 1.60. The van der Waals surface area contributed by atoms with Gasteiger partial charge in [-0.15, -0.1) is 0 Å². The molecule has 134 valence electrons. The van der Waals surface area contributed by atoms with E-state index in [2.05, 4.69) is 67.6 Å². The van der Waals surface area contributed by atoms with Crippen LogP contribution in [0.15, 0.2) is 78.9 Å². The second-order valence-electron chi connectivity index (χ2n) is 6.86. The lowest BCUT2D eigenvalue weighted by molar-refractivity contribution is 0.414. The Morgan fingerprint density at radius 1 is 0.778 bits per heavy atom. The summed E-state index contributed by atoms with van der Waals surface area (Å²) in [5, 5.41) is 1.20. The quantitative estimate of drug-likeness (QED) is 0.439. The molecule has 0 aliphatic rings. The van der Waals surface area contributed by atoms with Crippen molar-refractivity contribution in [3.8, 4) is 16.9 Å². The first-order valence-electron chi connectivity index (χ1n) is 9.31. The molecule has 0 saturated carbocycles. The first-order valence-corrected chi connectivity index (χ1v) is 9.31. The van der Waals surface area contributed by atoms with Gasteiger partial charge >= 0.3 is 0 Å². The Morgan fingerprint density at radius 3 is 2.22 bits per heavy atom. The second kappa shape index (κ2) is 7.63. The van der Waals surface area contributed by atoms with Crippen LogP contribution < -0.4 is 4.74 Å². The van der Waals surface area contributed by atoms with E-state index in [9.17, 15) is 0 Å². The maximum absolute atomic E-state index is 5.23. The maximum atomic E-state index is 5.23. The largest absolute Gasteiger partial charge is 0.497 e. The highest BCUT2D eigenvalue weighted by Crippen LogP contribution is 2.27. The van der Waals surface area contributed by atoms with Gasteiger partial charge in [-0.05, 0) is 66.8 Å². The molecule has 2 heteroatoms. The molecule has 0 radical (unpaired) electrons. The third-order valence-electron chi connectivity index (χ3n) is 5.02. The zero-order chi connectivity index (χ0) is 18.6. The molecule has 4 rings (SSSR count). The number of nitrogens with zero attached hydrogens (tertiary/aromatic N) is 1. The molecule has 1 aromatic heterocycles. The summed E-state index contributed by atoms with van der Waals surface area (Å²) in [6.07, 6.45) is 2.02. The molecule has 0 amide bonds. The fourth-order valence-electron chi connectivity index (χ4n) is 3.47. The summed E-state index contributed by atoms with van der Waals surface area (Å²) < 4.78 is 5.23. The van der Waals surface area contributed by atoms with Gasteiger partial charge in [0.15, 0.2) is 0 Å². The van der Waals surface area contributed by atoms with Gasteiger partial charge in [-0.25, -0.2) is 0 Å². The van der Waals surface area contributed by atoms with Crippen LogP contribution in [-0.2, 0) is 12.8 Å². The first-order chi connectivity index (χ1) is 13.2. The molecule has 0 unspecified atom stereocenters. The molecule has 0 spiro atoms. The third-order valence-corrected chi connectivity index (χ3v) is 5.02. The summed E-state index contributed by atoms with van der Waals surface area (Å²) >= 11 is 0. The lowest BCUT2D eigenvalue weighted by Crippen LogP contribution is -1.94. The Bertz CT molecular complexity index is 1050.